The Bertz CT molecular complexity index is 1190. The van der Waals surface area contributed by atoms with E-state index in [4.69, 9.17) is 4.74 Å². The van der Waals surface area contributed by atoms with Gasteiger partial charge in [-0.3, -0.25) is 20.2 Å². The molecule has 3 aliphatic rings. The summed E-state index contributed by atoms with van der Waals surface area (Å²) in [7, 11) is 0. The molecule has 0 bridgehead atoms. The molecule has 2 aromatic carbocycles. The zero-order chi connectivity index (χ0) is 25.1. The van der Waals surface area contributed by atoms with Crippen LogP contribution in [0.2, 0.25) is 0 Å². The molecule has 4 amide bonds. The van der Waals surface area contributed by atoms with Crippen molar-refractivity contribution >= 4 is 23.5 Å². The van der Waals surface area contributed by atoms with Gasteiger partial charge in [0.15, 0.2) is 5.41 Å². The summed E-state index contributed by atoms with van der Waals surface area (Å²) in [6.07, 6.45) is -5.40. The number of fused-ring (bicyclic) bond motifs is 4. The Hall–Kier alpha value is -3.60. The van der Waals surface area contributed by atoms with Crippen LogP contribution in [0.4, 0.5) is 23.7 Å². The molecule has 8 nitrogen and oxygen atoms in total. The second-order valence-electron chi connectivity index (χ2n) is 9.05. The molecule has 184 valence electrons. The topological polar surface area (TPSA) is 97.0 Å². The second-order valence-corrected chi connectivity index (χ2v) is 9.05. The first-order chi connectivity index (χ1) is 16.5. The SMILES string of the molecule is CC1CN2c3cc(-c4ccc(OC(F)(F)F)cc4)ccc3CC3(C(=O)NC(=O)NC3=O)C2C(C)O1. The Kier molecular flexibility index (Phi) is 5.28. The highest BCUT2D eigenvalue weighted by molar-refractivity contribution is 6.20. The molecule has 0 saturated carbocycles. The molecule has 3 heterocycles. The zero-order valence-electron chi connectivity index (χ0n) is 18.8. The van der Waals surface area contributed by atoms with Crippen LogP contribution < -0.4 is 20.3 Å². The lowest BCUT2D eigenvalue weighted by Gasteiger charge is -2.55. The Morgan fingerprint density at radius 2 is 1.63 bits per heavy atom. The van der Waals surface area contributed by atoms with Gasteiger partial charge in [0.1, 0.15) is 5.75 Å². The van der Waals surface area contributed by atoms with Crippen molar-refractivity contribution in [2.24, 2.45) is 5.41 Å². The van der Waals surface area contributed by atoms with Crippen molar-refractivity contribution in [3.05, 3.63) is 48.0 Å². The van der Waals surface area contributed by atoms with Crippen LogP contribution in [0.25, 0.3) is 11.1 Å². The number of halogens is 3. The summed E-state index contributed by atoms with van der Waals surface area (Å²) < 4.78 is 47.4. The van der Waals surface area contributed by atoms with Crippen molar-refractivity contribution in [3.63, 3.8) is 0 Å². The first-order valence-corrected chi connectivity index (χ1v) is 11.1. The van der Waals surface area contributed by atoms with Crippen molar-refractivity contribution in [1.29, 1.82) is 0 Å². The fourth-order valence-corrected chi connectivity index (χ4v) is 5.45. The molecule has 11 heteroatoms. The van der Waals surface area contributed by atoms with Gasteiger partial charge in [0.2, 0.25) is 11.8 Å². The number of benzene rings is 2. The van der Waals surface area contributed by atoms with Gasteiger partial charge >= 0.3 is 12.4 Å². The number of morpholine rings is 1. The van der Waals surface area contributed by atoms with Crippen LogP contribution in [-0.2, 0) is 20.7 Å². The van der Waals surface area contributed by atoms with Gasteiger partial charge in [0.05, 0.1) is 18.2 Å². The first-order valence-electron chi connectivity index (χ1n) is 11.1. The van der Waals surface area contributed by atoms with Gasteiger partial charge in [-0.2, -0.15) is 0 Å². The summed E-state index contributed by atoms with van der Waals surface area (Å²) in [6.45, 7) is 4.09. The van der Waals surface area contributed by atoms with E-state index in [0.29, 0.717) is 12.1 Å². The molecule has 2 fully saturated rings. The summed E-state index contributed by atoms with van der Waals surface area (Å²) in [5.74, 6) is -1.65. The van der Waals surface area contributed by atoms with Crippen LogP contribution in [0.15, 0.2) is 42.5 Å². The molecule has 35 heavy (non-hydrogen) atoms. The van der Waals surface area contributed by atoms with E-state index in [1.165, 1.54) is 24.3 Å². The summed E-state index contributed by atoms with van der Waals surface area (Å²) in [4.78, 5) is 40.0. The quantitative estimate of drug-likeness (QED) is 0.630. The van der Waals surface area contributed by atoms with Crippen LogP contribution in [0.3, 0.4) is 0 Å². The highest BCUT2D eigenvalue weighted by Crippen LogP contribution is 2.47. The van der Waals surface area contributed by atoms with E-state index in [1.54, 1.807) is 19.1 Å². The van der Waals surface area contributed by atoms with Gasteiger partial charge in [0, 0.05) is 12.2 Å². The van der Waals surface area contributed by atoms with E-state index >= 15 is 0 Å². The minimum absolute atomic E-state index is 0.0647. The standard InChI is InChI=1S/C24H22F3N3O5/c1-12-11-30-18-9-15(14-5-7-17(8-6-14)35-24(25,26)27)3-4-16(18)10-23(19(30)13(2)34-12)20(31)28-22(33)29-21(23)32/h3-9,12-13,19H,10-11H2,1-2H3,(H2,28,29,31,32,33). The lowest BCUT2D eigenvalue weighted by atomic mass is 9.66. The molecule has 3 atom stereocenters. The maximum absolute atomic E-state index is 13.1. The van der Waals surface area contributed by atoms with E-state index in [1.807, 2.05) is 17.9 Å². The number of anilines is 1. The molecule has 3 unspecified atom stereocenters. The lowest BCUT2D eigenvalue weighted by Crippen LogP contribution is -2.75. The maximum atomic E-state index is 13.1. The van der Waals surface area contributed by atoms with Crippen molar-refractivity contribution in [3.8, 4) is 16.9 Å². The molecule has 2 saturated heterocycles. The van der Waals surface area contributed by atoms with Gasteiger partial charge in [-0.1, -0.05) is 24.3 Å². The number of hydrogen-bond acceptors (Lipinski definition) is 6. The van der Waals surface area contributed by atoms with E-state index in [0.717, 1.165) is 16.8 Å². The van der Waals surface area contributed by atoms with Crippen LogP contribution in [0, 0.1) is 5.41 Å². The smallest absolute Gasteiger partial charge is 0.406 e. The number of carbonyl (C=O) groups is 3. The van der Waals surface area contributed by atoms with E-state index in [9.17, 15) is 27.6 Å². The fraction of sp³-hybridized carbons (Fsp3) is 0.375. The van der Waals surface area contributed by atoms with E-state index in [2.05, 4.69) is 15.4 Å². The third kappa shape index (κ3) is 3.89. The number of nitrogens with one attached hydrogen (secondary N) is 2. The molecule has 0 radical (unpaired) electrons. The molecular weight excluding hydrogens is 467 g/mol. The van der Waals surface area contributed by atoms with Crippen LogP contribution in [0.1, 0.15) is 19.4 Å². The van der Waals surface area contributed by atoms with Gasteiger partial charge in [-0.15, -0.1) is 13.2 Å². The van der Waals surface area contributed by atoms with E-state index in [-0.39, 0.29) is 18.3 Å². The van der Waals surface area contributed by atoms with Crippen LogP contribution in [0.5, 0.6) is 5.75 Å². The monoisotopic (exact) mass is 489 g/mol. The Morgan fingerprint density at radius 3 is 2.26 bits per heavy atom. The van der Waals surface area contributed by atoms with Crippen molar-refractivity contribution in [2.45, 2.75) is 44.9 Å². The Balaban J connectivity index is 1.56. The molecule has 5 rings (SSSR count). The lowest BCUT2D eigenvalue weighted by molar-refractivity contribution is -0.274. The highest BCUT2D eigenvalue weighted by atomic mass is 19.4. The number of imide groups is 2. The molecule has 2 aromatic rings. The number of urea groups is 1. The molecular formula is C24H22F3N3O5. The fourth-order valence-electron chi connectivity index (χ4n) is 5.45. The average molecular weight is 489 g/mol. The highest BCUT2D eigenvalue weighted by Gasteiger charge is 2.62. The van der Waals surface area contributed by atoms with Gasteiger partial charge in [0.25, 0.3) is 0 Å². The van der Waals surface area contributed by atoms with Gasteiger partial charge in [-0.25, -0.2) is 4.79 Å². The van der Waals surface area contributed by atoms with Crippen LogP contribution >= 0.6 is 0 Å². The molecule has 0 aromatic heterocycles. The molecule has 2 N–H and O–H groups in total. The summed E-state index contributed by atoms with van der Waals surface area (Å²) in [5, 5.41) is 4.48. The number of barbiturate groups is 1. The second kappa shape index (κ2) is 7.98. The third-order valence-corrected chi connectivity index (χ3v) is 6.74. The number of hydrogen-bond donors (Lipinski definition) is 2. The summed E-state index contributed by atoms with van der Waals surface area (Å²) in [6, 6.07) is 9.49. The minimum Gasteiger partial charge on any atom is -0.406 e. The molecule has 0 aliphatic carbocycles. The van der Waals surface area contributed by atoms with Crippen molar-refractivity contribution < 1.29 is 37.0 Å². The average Bonchev–Trinajstić information content (AvgIpc) is 2.76. The Labute approximate surface area is 198 Å². The number of carbonyl (C=O) groups excluding carboxylic acids is 3. The third-order valence-electron chi connectivity index (χ3n) is 6.74. The van der Waals surface area contributed by atoms with Crippen LogP contribution in [-0.4, -0.2) is 49.0 Å². The number of amides is 4. The normalized spacial score (nSPS) is 25.5. The summed E-state index contributed by atoms with van der Waals surface area (Å²) >= 11 is 0. The van der Waals surface area contributed by atoms with Gasteiger partial charge in [-0.05, 0) is 55.2 Å². The minimum atomic E-state index is -4.77. The van der Waals surface area contributed by atoms with E-state index < -0.39 is 41.8 Å². The Morgan fingerprint density at radius 1 is 1.00 bits per heavy atom. The zero-order valence-corrected chi connectivity index (χ0v) is 18.8. The number of rotatable bonds is 2. The largest absolute Gasteiger partial charge is 0.573 e. The van der Waals surface area contributed by atoms with Gasteiger partial charge < -0.3 is 14.4 Å². The predicted octanol–water partition coefficient (Wildman–Crippen LogP) is 3.14. The molecule has 3 aliphatic heterocycles. The molecule has 1 spiro atoms. The first kappa shape index (κ1) is 23.2. The summed E-state index contributed by atoms with van der Waals surface area (Å²) in [5.41, 5.74) is 1.40. The van der Waals surface area contributed by atoms with Crippen molar-refractivity contribution in [1.82, 2.24) is 10.6 Å². The number of ether oxygens (including phenoxy) is 2. The number of alkyl halides is 3. The predicted molar refractivity (Wildman–Crippen MR) is 118 cm³/mol. The maximum Gasteiger partial charge on any atom is 0.573 e. The van der Waals surface area contributed by atoms with Crippen molar-refractivity contribution in [2.75, 3.05) is 11.4 Å². The number of nitrogens with zero attached hydrogens (tertiary/aromatic N) is 1.